The summed E-state index contributed by atoms with van der Waals surface area (Å²) in [6.45, 7) is 0. The smallest absolute Gasteiger partial charge is 0.264 e. The Kier molecular flexibility index (Phi) is 3.84. The monoisotopic (exact) mass is 113 g/mol. The molecule has 0 aliphatic carbocycles. The van der Waals surface area contributed by atoms with Crippen LogP contribution >= 0.6 is 0 Å². The number of carbonyl (C=O) groups excluding carboxylic acids is 2. The molecule has 8 heavy (non-hydrogen) atoms. The highest BCUT2D eigenvalue weighted by molar-refractivity contribution is 5.73. The second-order valence-corrected chi connectivity index (χ2v) is 1.45. The molecular weight excluding hydrogens is 106 g/mol. The van der Waals surface area contributed by atoms with Gasteiger partial charge < -0.3 is 4.79 Å². The number of hydrogen-bond acceptors (Lipinski definition) is 2. The third-order valence-corrected chi connectivity index (χ3v) is 0.713. The minimum absolute atomic E-state index is 0.0960. The highest BCUT2D eigenvalue weighted by atomic mass is 16.1. The predicted molar refractivity (Wildman–Crippen MR) is 27.1 cm³/mol. The first kappa shape index (κ1) is 7.14. The largest absolute Gasteiger partial charge is 0.303 e. The quantitative estimate of drug-likeness (QED) is 0.379. The lowest BCUT2D eigenvalue weighted by molar-refractivity contribution is -0.118. The number of unbranched alkanes of at least 4 members (excludes halogenated alkanes) is 1. The van der Waals surface area contributed by atoms with E-state index in [9.17, 15) is 9.59 Å². The maximum atomic E-state index is 9.76. The molecule has 0 aliphatic heterocycles. The second kappa shape index (κ2) is 4.30. The van der Waals surface area contributed by atoms with E-state index in [-0.39, 0.29) is 6.42 Å². The van der Waals surface area contributed by atoms with Crippen molar-refractivity contribution in [1.29, 1.82) is 0 Å². The van der Waals surface area contributed by atoms with Crippen LogP contribution in [0.4, 0.5) is 0 Å². The number of rotatable bonds is 4. The number of amides is 1. The fourth-order valence-electron chi connectivity index (χ4n) is 0.337. The molecule has 0 fully saturated rings. The van der Waals surface area contributed by atoms with E-state index >= 15 is 0 Å². The molecule has 0 atom stereocenters. The van der Waals surface area contributed by atoms with Crippen molar-refractivity contribution >= 4 is 12.2 Å². The highest BCUT2D eigenvalue weighted by Gasteiger charge is 1.93. The minimum Gasteiger partial charge on any atom is -0.303 e. The summed E-state index contributed by atoms with van der Waals surface area (Å²) in [5, 5.41) is 0. The predicted octanol–water partition coefficient (Wildman–Crippen LogP) is -0.0491. The first-order valence-corrected chi connectivity index (χ1v) is 2.43. The summed E-state index contributed by atoms with van der Waals surface area (Å²) in [4.78, 5) is 19.4. The van der Waals surface area contributed by atoms with Crippen molar-refractivity contribution < 1.29 is 9.59 Å². The van der Waals surface area contributed by atoms with Crippen LogP contribution in [0.3, 0.4) is 0 Å². The Bertz CT molecular complexity index is 90.4. The molecule has 3 heteroatoms. The summed E-state index contributed by atoms with van der Waals surface area (Å²) in [6, 6.07) is 0. The van der Waals surface area contributed by atoms with Gasteiger partial charge >= 0.3 is 0 Å². The van der Waals surface area contributed by atoms with E-state index in [0.29, 0.717) is 12.8 Å². The lowest BCUT2D eigenvalue weighted by atomic mass is 10.2. The van der Waals surface area contributed by atoms with Crippen LogP contribution < -0.4 is 5.73 Å². The van der Waals surface area contributed by atoms with Crippen molar-refractivity contribution in [1.82, 2.24) is 5.73 Å². The molecule has 0 saturated heterocycles. The molecule has 0 bridgehead atoms. The van der Waals surface area contributed by atoms with Gasteiger partial charge in [0.2, 0.25) is 0 Å². The van der Waals surface area contributed by atoms with Crippen LogP contribution in [0.15, 0.2) is 0 Å². The summed E-state index contributed by atoms with van der Waals surface area (Å²) >= 11 is 0. The van der Waals surface area contributed by atoms with Gasteiger partial charge in [0, 0.05) is 12.8 Å². The van der Waals surface area contributed by atoms with Gasteiger partial charge in [0.25, 0.3) is 5.91 Å². The Morgan fingerprint density at radius 1 is 1.62 bits per heavy atom. The van der Waals surface area contributed by atoms with Crippen LogP contribution in [0, 0.1) is 0 Å². The lowest BCUT2D eigenvalue weighted by Crippen LogP contribution is -1.96. The summed E-state index contributed by atoms with van der Waals surface area (Å²) in [7, 11) is 0. The van der Waals surface area contributed by atoms with Crippen molar-refractivity contribution in [2.45, 2.75) is 19.3 Å². The second-order valence-electron chi connectivity index (χ2n) is 1.45. The molecule has 0 unspecified atom stereocenters. The first-order valence-electron chi connectivity index (χ1n) is 2.43. The minimum atomic E-state index is -0.841. The fourth-order valence-corrected chi connectivity index (χ4v) is 0.337. The van der Waals surface area contributed by atoms with E-state index in [1.807, 2.05) is 0 Å². The standard InChI is InChI=1S/C5H7NO2/c6-5(8)3-1-2-4-7/h4H,1-3H2. The van der Waals surface area contributed by atoms with Crippen LogP contribution in [-0.2, 0) is 9.59 Å². The number of nitrogens with zero attached hydrogens (tertiary/aromatic N) is 1. The summed E-state index contributed by atoms with van der Waals surface area (Å²) < 4.78 is 0. The Labute approximate surface area is 47.9 Å². The summed E-state index contributed by atoms with van der Waals surface area (Å²) in [6.07, 6.45) is 1.63. The maximum absolute atomic E-state index is 9.76. The molecule has 0 aromatic carbocycles. The Hall–Kier alpha value is -0.860. The molecule has 2 radical (unpaired) electrons. The van der Waals surface area contributed by atoms with Crippen LogP contribution in [0.25, 0.3) is 0 Å². The Balaban J connectivity index is 2.93. The molecule has 1 amide bonds. The van der Waals surface area contributed by atoms with Gasteiger partial charge in [-0.1, -0.05) is 0 Å². The van der Waals surface area contributed by atoms with Gasteiger partial charge in [0.05, 0.1) is 0 Å². The molecule has 0 aromatic heterocycles. The summed E-state index contributed by atoms with van der Waals surface area (Å²) in [5.74, 6) is -0.841. The van der Waals surface area contributed by atoms with Crippen molar-refractivity contribution in [3.8, 4) is 0 Å². The normalized spacial score (nSPS) is 8.50. The topological polar surface area (TPSA) is 56.4 Å². The molecule has 0 heterocycles. The highest BCUT2D eigenvalue weighted by Crippen LogP contribution is 1.89. The van der Waals surface area contributed by atoms with Gasteiger partial charge in [-0.05, 0) is 6.42 Å². The molecule has 0 spiro atoms. The van der Waals surface area contributed by atoms with E-state index in [0.717, 1.165) is 6.29 Å². The maximum Gasteiger partial charge on any atom is 0.264 e. The zero-order chi connectivity index (χ0) is 6.41. The van der Waals surface area contributed by atoms with E-state index in [4.69, 9.17) is 5.73 Å². The van der Waals surface area contributed by atoms with Crippen molar-refractivity contribution in [2.75, 3.05) is 0 Å². The molecule has 0 rings (SSSR count). The third-order valence-electron chi connectivity index (χ3n) is 0.713. The molecule has 3 nitrogen and oxygen atoms in total. The average Bonchev–Trinajstić information content (AvgIpc) is 1.66. The van der Waals surface area contributed by atoms with Gasteiger partial charge in [-0.15, -0.1) is 5.73 Å². The van der Waals surface area contributed by atoms with Gasteiger partial charge in [-0.3, -0.25) is 4.79 Å². The van der Waals surface area contributed by atoms with Gasteiger partial charge in [0.1, 0.15) is 6.29 Å². The fraction of sp³-hybridized carbons (Fsp3) is 0.600. The van der Waals surface area contributed by atoms with E-state index in [1.54, 1.807) is 0 Å². The molecule has 0 aromatic rings. The molecular formula is C5H7NO2. The van der Waals surface area contributed by atoms with Crippen LogP contribution in [0.5, 0.6) is 0 Å². The van der Waals surface area contributed by atoms with Crippen LogP contribution in [-0.4, -0.2) is 12.2 Å². The SMILES string of the molecule is [N]C(=O)CCCC=O. The molecule has 44 valence electrons. The summed E-state index contributed by atoms with van der Waals surface area (Å²) in [5.41, 5.74) is 8.02. The van der Waals surface area contributed by atoms with E-state index in [1.165, 1.54) is 0 Å². The molecule has 0 saturated carbocycles. The van der Waals surface area contributed by atoms with Crippen molar-refractivity contribution in [2.24, 2.45) is 0 Å². The Morgan fingerprint density at radius 3 is 2.62 bits per heavy atom. The lowest BCUT2D eigenvalue weighted by Gasteiger charge is -1.83. The van der Waals surface area contributed by atoms with E-state index < -0.39 is 5.91 Å². The Morgan fingerprint density at radius 2 is 2.25 bits per heavy atom. The third kappa shape index (κ3) is 5.14. The number of carbonyl (C=O) groups is 2. The van der Waals surface area contributed by atoms with Crippen LogP contribution in [0.2, 0.25) is 0 Å². The molecule has 0 N–H and O–H groups in total. The average molecular weight is 113 g/mol. The van der Waals surface area contributed by atoms with Gasteiger partial charge in [0.15, 0.2) is 0 Å². The van der Waals surface area contributed by atoms with Gasteiger partial charge in [-0.25, -0.2) is 0 Å². The first-order chi connectivity index (χ1) is 3.77. The van der Waals surface area contributed by atoms with Crippen molar-refractivity contribution in [3.05, 3.63) is 0 Å². The zero-order valence-electron chi connectivity index (χ0n) is 4.46. The zero-order valence-corrected chi connectivity index (χ0v) is 4.46. The van der Waals surface area contributed by atoms with E-state index in [2.05, 4.69) is 0 Å². The van der Waals surface area contributed by atoms with Crippen molar-refractivity contribution in [3.63, 3.8) is 0 Å². The number of hydrogen-bond donors (Lipinski definition) is 0. The van der Waals surface area contributed by atoms with Crippen LogP contribution in [0.1, 0.15) is 19.3 Å². The molecule has 0 aliphatic rings. The van der Waals surface area contributed by atoms with Gasteiger partial charge in [-0.2, -0.15) is 0 Å². The number of aldehydes is 1.